The number of anilines is 1. The number of carbonyl (C=O) groups excluding carboxylic acids is 2. The summed E-state index contributed by atoms with van der Waals surface area (Å²) < 4.78 is 49.9. The van der Waals surface area contributed by atoms with Gasteiger partial charge in [-0.05, 0) is 36.8 Å². The van der Waals surface area contributed by atoms with Gasteiger partial charge >= 0.3 is 0 Å². The van der Waals surface area contributed by atoms with Gasteiger partial charge < -0.3 is 10.2 Å². The largest absolute Gasteiger partial charge is 0.330 e. The van der Waals surface area contributed by atoms with E-state index in [-0.39, 0.29) is 17.9 Å². The van der Waals surface area contributed by atoms with Crippen LogP contribution >= 0.6 is 0 Å². The summed E-state index contributed by atoms with van der Waals surface area (Å²) in [6, 6.07) is 9.20. The Morgan fingerprint density at radius 1 is 1.04 bits per heavy atom. The van der Waals surface area contributed by atoms with Crippen molar-refractivity contribution in [2.24, 2.45) is 0 Å². The van der Waals surface area contributed by atoms with Gasteiger partial charge in [0.25, 0.3) is 5.91 Å². The lowest BCUT2D eigenvalue weighted by Gasteiger charge is -2.20. The number of nitrogens with one attached hydrogen (secondary N) is 1. The van der Waals surface area contributed by atoms with Gasteiger partial charge in [0.05, 0.1) is 5.75 Å². The van der Waals surface area contributed by atoms with E-state index >= 15 is 0 Å². The minimum atomic E-state index is -3.19. The summed E-state index contributed by atoms with van der Waals surface area (Å²) in [5, 5.41) is 2.13. The number of hydrogen-bond donors (Lipinski definition) is 1. The van der Waals surface area contributed by atoms with Crippen molar-refractivity contribution in [1.29, 1.82) is 0 Å². The van der Waals surface area contributed by atoms with Crippen molar-refractivity contribution in [2.45, 2.75) is 12.7 Å². The van der Waals surface area contributed by atoms with Crippen molar-refractivity contribution in [2.75, 3.05) is 24.7 Å². The van der Waals surface area contributed by atoms with E-state index < -0.39 is 45.5 Å². The first kappa shape index (κ1) is 21.5. The van der Waals surface area contributed by atoms with Crippen LogP contribution in [0.2, 0.25) is 0 Å². The molecule has 0 unspecified atom stereocenters. The lowest BCUT2D eigenvalue weighted by atomic mass is 10.1. The Hall–Kier alpha value is -2.81. The third kappa shape index (κ3) is 5.85. The molecule has 0 atom stereocenters. The number of carbonyl (C=O) groups is 2. The molecule has 0 bridgehead atoms. The second-order valence-corrected chi connectivity index (χ2v) is 8.37. The van der Waals surface area contributed by atoms with Crippen molar-refractivity contribution in [3.8, 4) is 0 Å². The zero-order chi connectivity index (χ0) is 20.9. The Balaban J connectivity index is 2.07. The summed E-state index contributed by atoms with van der Waals surface area (Å²) in [6.45, 7) is 1.46. The van der Waals surface area contributed by atoms with E-state index in [0.717, 1.165) is 18.4 Å². The molecule has 1 N–H and O–H groups in total. The number of likely N-dealkylation sites (N-methyl/N-ethyl adjacent to an activating group) is 1. The number of hydrogen-bond acceptors (Lipinski definition) is 4. The average molecular weight is 410 g/mol. The van der Waals surface area contributed by atoms with Crippen LogP contribution in [-0.2, 0) is 20.4 Å². The van der Waals surface area contributed by atoms with Gasteiger partial charge in [0.2, 0.25) is 5.91 Å². The van der Waals surface area contributed by atoms with Gasteiger partial charge in [-0.1, -0.05) is 18.2 Å². The van der Waals surface area contributed by atoms with Gasteiger partial charge in [-0.25, -0.2) is 17.2 Å². The Kier molecular flexibility index (Phi) is 6.85. The molecule has 0 saturated carbocycles. The summed E-state index contributed by atoms with van der Waals surface area (Å²) in [7, 11) is -3.19. The quantitative estimate of drug-likeness (QED) is 0.761. The third-order valence-electron chi connectivity index (χ3n) is 3.86. The fourth-order valence-corrected chi connectivity index (χ4v) is 3.32. The molecule has 0 aliphatic heterocycles. The molecule has 0 aliphatic carbocycles. The number of para-hydroxylation sites is 1. The molecule has 28 heavy (non-hydrogen) atoms. The lowest BCUT2D eigenvalue weighted by Crippen LogP contribution is -2.38. The third-order valence-corrected chi connectivity index (χ3v) is 4.72. The fourth-order valence-electron chi connectivity index (χ4n) is 2.53. The molecule has 0 saturated heterocycles. The molecule has 2 aromatic carbocycles. The van der Waals surface area contributed by atoms with Gasteiger partial charge in [-0.3, -0.25) is 9.59 Å². The van der Waals surface area contributed by atoms with E-state index in [9.17, 15) is 26.8 Å². The van der Waals surface area contributed by atoms with Crippen LogP contribution in [0.4, 0.5) is 14.5 Å². The Labute approximate surface area is 162 Å². The predicted molar refractivity (Wildman–Crippen MR) is 102 cm³/mol. The molecular formula is C19H20F2N2O4S. The van der Waals surface area contributed by atoms with Gasteiger partial charge in [0, 0.05) is 18.4 Å². The van der Waals surface area contributed by atoms with E-state index in [1.54, 1.807) is 6.92 Å². The zero-order valence-corrected chi connectivity index (χ0v) is 16.2. The van der Waals surface area contributed by atoms with E-state index in [4.69, 9.17) is 0 Å². The molecule has 9 heteroatoms. The highest BCUT2D eigenvalue weighted by Gasteiger charge is 2.19. The van der Waals surface area contributed by atoms with Crippen LogP contribution in [0.15, 0.2) is 42.5 Å². The van der Waals surface area contributed by atoms with Gasteiger partial charge in [0.1, 0.15) is 23.9 Å². The number of benzene rings is 2. The molecule has 2 aromatic rings. The minimum absolute atomic E-state index is 0.143. The van der Waals surface area contributed by atoms with Crippen molar-refractivity contribution in [3.05, 3.63) is 65.2 Å². The Bertz CT molecular complexity index is 956. The summed E-state index contributed by atoms with van der Waals surface area (Å²) in [5.74, 6) is -3.17. The smallest absolute Gasteiger partial charge is 0.254 e. The SMILES string of the molecule is CCN(CC(=O)Nc1c(F)cccc1F)C(=O)c1ccc(CS(C)(=O)=O)cc1. The van der Waals surface area contributed by atoms with Crippen LogP contribution in [-0.4, -0.2) is 44.5 Å². The first-order valence-corrected chi connectivity index (χ1v) is 10.5. The van der Waals surface area contributed by atoms with Crippen LogP contribution in [0, 0.1) is 11.6 Å². The molecule has 6 nitrogen and oxygen atoms in total. The van der Waals surface area contributed by atoms with Crippen molar-refractivity contribution >= 4 is 27.3 Å². The summed E-state index contributed by atoms with van der Waals surface area (Å²) in [4.78, 5) is 25.9. The van der Waals surface area contributed by atoms with Crippen molar-refractivity contribution in [1.82, 2.24) is 4.90 Å². The van der Waals surface area contributed by atoms with E-state index in [1.807, 2.05) is 0 Å². The maximum absolute atomic E-state index is 13.6. The van der Waals surface area contributed by atoms with Crippen LogP contribution in [0.3, 0.4) is 0 Å². The van der Waals surface area contributed by atoms with Gasteiger partial charge in [-0.2, -0.15) is 0 Å². The highest BCUT2D eigenvalue weighted by atomic mass is 32.2. The number of nitrogens with zero attached hydrogens (tertiary/aromatic N) is 1. The number of halogens is 2. The normalized spacial score (nSPS) is 11.1. The van der Waals surface area contributed by atoms with E-state index in [2.05, 4.69) is 5.32 Å². The van der Waals surface area contributed by atoms with E-state index in [1.165, 1.54) is 35.2 Å². The zero-order valence-electron chi connectivity index (χ0n) is 15.4. The molecule has 0 aliphatic rings. The summed E-state index contributed by atoms with van der Waals surface area (Å²) >= 11 is 0. The van der Waals surface area contributed by atoms with Crippen LogP contribution in [0.5, 0.6) is 0 Å². The molecule has 0 aromatic heterocycles. The highest BCUT2D eigenvalue weighted by Crippen LogP contribution is 2.18. The maximum atomic E-state index is 13.6. The molecule has 150 valence electrons. The topological polar surface area (TPSA) is 83.6 Å². The minimum Gasteiger partial charge on any atom is -0.330 e. The first-order chi connectivity index (χ1) is 13.1. The van der Waals surface area contributed by atoms with Crippen LogP contribution in [0.25, 0.3) is 0 Å². The average Bonchev–Trinajstić information content (AvgIpc) is 2.61. The highest BCUT2D eigenvalue weighted by molar-refractivity contribution is 7.89. The second-order valence-electron chi connectivity index (χ2n) is 6.23. The summed E-state index contributed by atoms with van der Waals surface area (Å²) in [6.07, 6.45) is 1.11. The van der Waals surface area contributed by atoms with Crippen LogP contribution in [0.1, 0.15) is 22.8 Å². The fraction of sp³-hybridized carbons (Fsp3) is 0.263. The molecular weight excluding hydrogens is 390 g/mol. The predicted octanol–water partition coefficient (Wildman–Crippen LogP) is 2.61. The van der Waals surface area contributed by atoms with Gasteiger partial charge in [0.15, 0.2) is 9.84 Å². The van der Waals surface area contributed by atoms with E-state index in [0.29, 0.717) is 5.56 Å². The first-order valence-electron chi connectivity index (χ1n) is 8.40. The molecule has 0 radical (unpaired) electrons. The number of rotatable bonds is 7. The molecule has 2 amide bonds. The monoisotopic (exact) mass is 410 g/mol. The Morgan fingerprint density at radius 3 is 2.11 bits per heavy atom. The second kappa shape index (κ2) is 8.92. The standard InChI is InChI=1S/C19H20F2N2O4S/c1-3-23(11-17(24)22-18-15(20)5-4-6-16(18)21)19(25)14-9-7-13(8-10-14)12-28(2,26)27/h4-10H,3,11-12H2,1-2H3,(H,22,24). The number of sulfone groups is 1. The molecule has 0 fully saturated rings. The lowest BCUT2D eigenvalue weighted by molar-refractivity contribution is -0.116. The number of amides is 2. The van der Waals surface area contributed by atoms with Crippen LogP contribution < -0.4 is 5.32 Å². The Morgan fingerprint density at radius 2 is 1.61 bits per heavy atom. The van der Waals surface area contributed by atoms with Crippen molar-refractivity contribution < 1.29 is 26.8 Å². The summed E-state index contributed by atoms with van der Waals surface area (Å²) in [5.41, 5.74) is 0.236. The molecule has 0 spiro atoms. The van der Waals surface area contributed by atoms with Gasteiger partial charge in [-0.15, -0.1) is 0 Å². The van der Waals surface area contributed by atoms with Crippen molar-refractivity contribution in [3.63, 3.8) is 0 Å². The molecule has 0 heterocycles. The maximum Gasteiger partial charge on any atom is 0.254 e. The molecule has 2 rings (SSSR count).